The Morgan fingerprint density at radius 3 is 2.62 bits per heavy atom. The average Bonchev–Trinajstić information content (AvgIpc) is 2.53. The van der Waals surface area contributed by atoms with Crippen molar-refractivity contribution < 1.29 is 23.0 Å². The molecule has 0 radical (unpaired) electrons. The number of aliphatic hydroxyl groups is 1. The van der Waals surface area contributed by atoms with E-state index in [1.165, 1.54) is 29.8 Å². The maximum absolute atomic E-state index is 13.0. The summed E-state index contributed by atoms with van der Waals surface area (Å²) in [6.45, 7) is 1.68. The number of pyridine rings is 1. The lowest BCUT2D eigenvalue weighted by Crippen LogP contribution is -2.22. The molecule has 7 heteroatoms. The van der Waals surface area contributed by atoms with E-state index in [1.54, 1.807) is 12.1 Å². The summed E-state index contributed by atoms with van der Waals surface area (Å²) in [6.07, 6.45) is -2.31. The molecule has 0 saturated heterocycles. The van der Waals surface area contributed by atoms with Crippen LogP contribution in [0.15, 0.2) is 47.4 Å². The van der Waals surface area contributed by atoms with Crippen molar-refractivity contribution in [2.45, 2.75) is 19.2 Å². The zero-order chi connectivity index (χ0) is 17.5. The summed E-state index contributed by atoms with van der Waals surface area (Å²) >= 11 is 0. The van der Waals surface area contributed by atoms with Crippen LogP contribution in [0.25, 0.3) is 5.70 Å². The number of hydrogen-bond acceptors (Lipinski definition) is 3. The summed E-state index contributed by atoms with van der Waals surface area (Å²) in [7, 11) is 0. The van der Waals surface area contributed by atoms with Gasteiger partial charge in [-0.05, 0) is 42.8 Å². The van der Waals surface area contributed by atoms with Gasteiger partial charge in [-0.1, -0.05) is 0 Å². The quantitative estimate of drug-likeness (QED) is 0.916. The van der Waals surface area contributed by atoms with Crippen molar-refractivity contribution in [2.24, 2.45) is 0 Å². The summed E-state index contributed by atoms with van der Waals surface area (Å²) in [5, 5.41) is 9.53. The van der Waals surface area contributed by atoms with Gasteiger partial charge >= 0.3 is 6.18 Å². The fraction of sp³-hybridized carbons (Fsp3) is 0.235. The van der Waals surface area contributed by atoms with Gasteiger partial charge in [0.05, 0.1) is 17.4 Å². The normalized spacial score (nSPS) is 15.3. The SMILES string of the molecule is CC(O)c1ccn(C2=CCOc3ccc(C(F)(F)F)cc32)c(=O)c1. The molecule has 126 valence electrons. The van der Waals surface area contributed by atoms with Crippen LogP contribution in [0.3, 0.4) is 0 Å². The molecular weight excluding hydrogens is 323 g/mol. The summed E-state index contributed by atoms with van der Waals surface area (Å²) in [5.74, 6) is 0.284. The standard InChI is InChI=1S/C17H14F3NO3/c1-10(22)11-4-6-21(16(23)8-11)14-5-7-24-15-3-2-12(9-13(14)15)17(18,19)20/h2-6,8-10,22H,7H2,1H3. The van der Waals surface area contributed by atoms with Gasteiger partial charge in [0.25, 0.3) is 5.56 Å². The van der Waals surface area contributed by atoms with Crippen LogP contribution in [-0.2, 0) is 6.18 Å². The monoisotopic (exact) mass is 337 g/mol. The summed E-state index contributed by atoms with van der Waals surface area (Å²) in [5.41, 5.74) is -0.295. The highest BCUT2D eigenvalue weighted by atomic mass is 19.4. The molecule has 1 N–H and O–H groups in total. The molecule has 4 nitrogen and oxygen atoms in total. The Kier molecular flexibility index (Phi) is 3.96. The Morgan fingerprint density at radius 2 is 2.00 bits per heavy atom. The predicted octanol–water partition coefficient (Wildman–Crippen LogP) is 3.20. The van der Waals surface area contributed by atoms with Gasteiger partial charge in [-0.15, -0.1) is 0 Å². The molecule has 0 saturated carbocycles. The van der Waals surface area contributed by atoms with Crippen LogP contribution in [0.5, 0.6) is 5.75 Å². The van der Waals surface area contributed by atoms with Crippen LogP contribution in [0.1, 0.15) is 29.7 Å². The predicted molar refractivity (Wildman–Crippen MR) is 81.6 cm³/mol. The topological polar surface area (TPSA) is 51.5 Å². The lowest BCUT2D eigenvalue weighted by atomic mass is 10.0. The van der Waals surface area contributed by atoms with E-state index in [1.807, 2.05) is 0 Å². The van der Waals surface area contributed by atoms with Crippen LogP contribution < -0.4 is 10.3 Å². The van der Waals surface area contributed by atoms with Crippen LogP contribution in [0.4, 0.5) is 13.2 Å². The molecule has 1 atom stereocenters. The Balaban J connectivity index is 2.12. The summed E-state index contributed by atoms with van der Waals surface area (Å²) in [6, 6.07) is 5.97. The van der Waals surface area contributed by atoms with Crippen molar-refractivity contribution in [3.63, 3.8) is 0 Å². The Bertz CT molecular complexity index is 866. The molecule has 1 aliphatic heterocycles. The number of halogens is 3. The number of nitrogens with zero attached hydrogens (tertiary/aromatic N) is 1. The van der Waals surface area contributed by atoms with E-state index in [0.717, 1.165) is 12.1 Å². The highest BCUT2D eigenvalue weighted by Crippen LogP contribution is 2.36. The third kappa shape index (κ3) is 2.94. The van der Waals surface area contributed by atoms with Crippen molar-refractivity contribution in [1.82, 2.24) is 4.57 Å². The van der Waals surface area contributed by atoms with E-state index in [-0.39, 0.29) is 17.9 Å². The fourth-order valence-corrected chi connectivity index (χ4v) is 2.53. The zero-order valence-corrected chi connectivity index (χ0v) is 12.7. The lowest BCUT2D eigenvalue weighted by Gasteiger charge is -2.21. The molecular formula is C17H14F3NO3. The molecule has 0 spiro atoms. The second-order valence-corrected chi connectivity index (χ2v) is 5.45. The van der Waals surface area contributed by atoms with E-state index in [0.29, 0.717) is 11.3 Å². The number of rotatable bonds is 2. The third-order valence-corrected chi connectivity index (χ3v) is 3.78. The van der Waals surface area contributed by atoms with E-state index < -0.39 is 23.4 Å². The van der Waals surface area contributed by atoms with E-state index in [9.17, 15) is 23.1 Å². The first-order valence-corrected chi connectivity index (χ1v) is 7.23. The molecule has 0 aliphatic carbocycles. The van der Waals surface area contributed by atoms with Crippen molar-refractivity contribution in [1.29, 1.82) is 0 Å². The largest absolute Gasteiger partial charge is 0.489 e. The molecule has 24 heavy (non-hydrogen) atoms. The highest BCUT2D eigenvalue weighted by Gasteiger charge is 2.32. The molecule has 0 fully saturated rings. The lowest BCUT2D eigenvalue weighted by molar-refractivity contribution is -0.137. The van der Waals surface area contributed by atoms with Crippen LogP contribution in [0, 0.1) is 0 Å². The van der Waals surface area contributed by atoms with Crippen molar-refractivity contribution >= 4 is 5.70 Å². The van der Waals surface area contributed by atoms with E-state index in [4.69, 9.17) is 4.74 Å². The second-order valence-electron chi connectivity index (χ2n) is 5.45. The van der Waals surface area contributed by atoms with Crippen LogP contribution >= 0.6 is 0 Å². The maximum atomic E-state index is 13.0. The van der Waals surface area contributed by atoms with Gasteiger partial charge in [-0.25, -0.2) is 0 Å². The highest BCUT2D eigenvalue weighted by molar-refractivity contribution is 5.73. The van der Waals surface area contributed by atoms with Gasteiger partial charge in [0, 0.05) is 17.8 Å². The first kappa shape index (κ1) is 16.3. The minimum atomic E-state index is -4.49. The minimum Gasteiger partial charge on any atom is -0.489 e. The molecule has 0 bridgehead atoms. The molecule has 0 amide bonds. The van der Waals surface area contributed by atoms with Gasteiger partial charge in [0.1, 0.15) is 12.4 Å². The fourth-order valence-electron chi connectivity index (χ4n) is 2.53. The summed E-state index contributed by atoms with van der Waals surface area (Å²) in [4.78, 5) is 12.3. The number of benzene rings is 1. The molecule has 1 aliphatic rings. The van der Waals surface area contributed by atoms with Gasteiger partial charge in [-0.2, -0.15) is 13.2 Å². The number of hydrogen-bond donors (Lipinski definition) is 1. The molecule has 2 aromatic rings. The third-order valence-electron chi connectivity index (χ3n) is 3.78. The number of aromatic nitrogens is 1. The zero-order valence-electron chi connectivity index (χ0n) is 12.7. The Hall–Kier alpha value is -2.54. The molecule has 1 unspecified atom stereocenters. The van der Waals surface area contributed by atoms with Crippen molar-refractivity contribution in [3.8, 4) is 5.75 Å². The number of ether oxygens (including phenoxy) is 1. The van der Waals surface area contributed by atoms with Gasteiger partial charge in [-0.3, -0.25) is 9.36 Å². The molecule has 1 aromatic carbocycles. The van der Waals surface area contributed by atoms with Crippen LogP contribution in [-0.4, -0.2) is 16.3 Å². The molecule has 2 heterocycles. The maximum Gasteiger partial charge on any atom is 0.416 e. The first-order valence-electron chi connectivity index (χ1n) is 7.23. The minimum absolute atomic E-state index is 0.151. The van der Waals surface area contributed by atoms with Crippen molar-refractivity contribution in [3.05, 3.63) is 69.6 Å². The number of aliphatic hydroxyl groups excluding tert-OH is 1. The van der Waals surface area contributed by atoms with Crippen LogP contribution in [0.2, 0.25) is 0 Å². The number of fused-ring (bicyclic) bond motifs is 1. The number of alkyl halides is 3. The van der Waals surface area contributed by atoms with Gasteiger partial charge in [0.15, 0.2) is 0 Å². The van der Waals surface area contributed by atoms with Gasteiger partial charge < -0.3 is 9.84 Å². The van der Waals surface area contributed by atoms with E-state index in [2.05, 4.69) is 0 Å². The first-order chi connectivity index (χ1) is 11.3. The average molecular weight is 337 g/mol. The molecule has 1 aromatic heterocycles. The van der Waals surface area contributed by atoms with Gasteiger partial charge in [0.2, 0.25) is 0 Å². The molecule has 3 rings (SSSR count). The second kappa shape index (κ2) is 5.83. The van der Waals surface area contributed by atoms with E-state index >= 15 is 0 Å². The summed E-state index contributed by atoms with van der Waals surface area (Å²) < 4.78 is 45.4. The smallest absolute Gasteiger partial charge is 0.416 e. The Labute approximate surface area is 135 Å². The van der Waals surface area contributed by atoms with Crippen molar-refractivity contribution in [2.75, 3.05) is 6.61 Å². The Morgan fingerprint density at radius 1 is 1.25 bits per heavy atom.